The molecule has 2 atom stereocenters. The first-order chi connectivity index (χ1) is 16.7. The van der Waals surface area contributed by atoms with E-state index in [4.69, 9.17) is 0 Å². The molecular formula is C32H32FeNP-6. The Morgan fingerprint density at radius 2 is 1.09 bits per heavy atom. The molecule has 0 radical (unpaired) electrons. The van der Waals surface area contributed by atoms with Crippen LogP contribution in [0.4, 0.5) is 0 Å². The summed E-state index contributed by atoms with van der Waals surface area (Å²) >= 11 is 0. The summed E-state index contributed by atoms with van der Waals surface area (Å²) in [6.45, 7) is 4.52. The molecule has 0 aromatic heterocycles. The van der Waals surface area contributed by atoms with Crippen LogP contribution < -0.4 is 21.2 Å². The number of hydrogen-bond donors (Lipinski definition) is 1. The molecule has 0 fully saturated rings. The van der Waals surface area contributed by atoms with Crippen molar-refractivity contribution in [1.29, 1.82) is 0 Å². The van der Waals surface area contributed by atoms with Crippen LogP contribution in [0.2, 0.25) is 0 Å². The largest absolute Gasteiger partial charge is 0.748 e. The first kappa shape index (κ1) is 26.9. The molecule has 1 nitrogen and oxygen atoms in total. The minimum absolute atomic E-state index is 0. The molecule has 0 aliphatic carbocycles. The first-order valence-electron chi connectivity index (χ1n) is 11.9. The summed E-state index contributed by atoms with van der Waals surface area (Å²) in [4.78, 5) is 0. The molecule has 0 spiro atoms. The smallest absolute Gasteiger partial charge is 0.0287 e. The van der Waals surface area contributed by atoms with Crippen molar-refractivity contribution in [3.05, 3.63) is 151 Å². The molecule has 0 heterocycles. The number of benzene rings is 3. The standard InChI is InChI=1S/C27H27NP.C5H5.Fe/c1-21(23-13-6-3-7-14-23)28-22(2)26-19-12-20-27(26)29(24-15-8-4-9-16-24)25-17-10-5-11-18-25;1-2-4-5-3-1;/h3-22,28H,1-2H3;1-5H;/q-1;-5;/t21-,22+;;/m0../s1. The van der Waals surface area contributed by atoms with Gasteiger partial charge in [0.25, 0.3) is 0 Å². The quantitative estimate of drug-likeness (QED) is 0.140. The van der Waals surface area contributed by atoms with Crippen LogP contribution in [-0.4, -0.2) is 0 Å². The second-order valence-corrected chi connectivity index (χ2v) is 10.5. The predicted molar refractivity (Wildman–Crippen MR) is 149 cm³/mol. The summed E-state index contributed by atoms with van der Waals surface area (Å²) in [5, 5.41) is 8.04. The Morgan fingerprint density at radius 1 is 0.629 bits per heavy atom. The Bertz CT molecular complexity index is 1140. The first-order valence-corrected chi connectivity index (χ1v) is 13.2. The molecule has 0 saturated carbocycles. The Balaban J connectivity index is 0.000000509. The third-order valence-corrected chi connectivity index (χ3v) is 8.44. The van der Waals surface area contributed by atoms with E-state index in [0.717, 1.165) is 0 Å². The molecule has 3 heteroatoms. The van der Waals surface area contributed by atoms with E-state index in [2.05, 4.69) is 128 Å². The number of nitrogens with one attached hydrogen (secondary N) is 1. The van der Waals surface area contributed by atoms with E-state index >= 15 is 0 Å². The van der Waals surface area contributed by atoms with Gasteiger partial charge >= 0.3 is 0 Å². The zero-order chi connectivity index (χ0) is 23.6. The second kappa shape index (κ2) is 14.0. The predicted octanol–water partition coefficient (Wildman–Crippen LogP) is 6.98. The average molecular weight is 517 g/mol. The van der Waals surface area contributed by atoms with Gasteiger partial charge in [0, 0.05) is 23.1 Å². The minimum Gasteiger partial charge on any atom is -0.748 e. The zero-order valence-electron chi connectivity index (χ0n) is 20.2. The van der Waals surface area contributed by atoms with Gasteiger partial charge in [0.15, 0.2) is 0 Å². The summed E-state index contributed by atoms with van der Waals surface area (Å²) < 4.78 is 0. The second-order valence-electron chi connectivity index (χ2n) is 8.36. The third kappa shape index (κ3) is 7.37. The molecule has 5 aromatic rings. The summed E-state index contributed by atoms with van der Waals surface area (Å²) in [5.74, 6) is 0. The molecule has 0 aliphatic rings. The monoisotopic (exact) mass is 517 g/mol. The SMILES string of the molecule is C[C@H](N[C@H](C)[c-]1cccc1P(c1ccccc1)c1ccccc1)c1ccccc1.[Fe].[cH-]1[cH-][cH-][cH-][cH-]1. The van der Waals surface area contributed by atoms with E-state index in [9.17, 15) is 0 Å². The molecule has 1 N–H and O–H groups in total. The molecular weight excluding hydrogens is 485 g/mol. The van der Waals surface area contributed by atoms with Gasteiger partial charge in [0.2, 0.25) is 0 Å². The molecule has 184 valence electrons. The normalized spacial score (nSPS) is 12.2. The zero-order valence-corrected chi connectivity index (χ0v) is 22.2. The summed E-state index contributed by atoms with van der Waals surface area (Å²) in [6.07, 6.45) is 0. The van der Waals surface area contributed by atoms with Crippen molar-refractivity contribution < 1.29 is 17.1 Å². The number of hydrogen-bond acceptors (Lipinski definition) is 1. The molecule has 0 unspecified atom stereocenters. The van der Waals surface area contributed by atoms with E-state index in [1.165, 1.54) is 27.0 Å². The van der Waals surface area contributed by atoms with Gasteiger partial charge in [0.1, 0.15) is 0 Å². The van der Waals surface area contributed by atoms with Crippen molar-refractivity contribution in [3.8, 4) is 0 Å². The Hall–Kier alpha value is -2.73. The van der Waals surface area contributed by atoms with Crippen molar-refractivity contribution in [3.63, 3.8) is 0 Å². The Kier molecular flexibility index (Phi) is 10.7. The summed E-state index contributed by atoms with van der Waals surface area (Å²) in [5.41, 5.74) is 2.72. The van der Waals surface area contributed by atoms with Crippen molar-refractivity contribution in [2.24, 2.45) is 0 Å². The van der Waals surface area contributed by atoms with Gasteiger partial charge in [-0.15, -0.1) is 10.9 Å². The van der Waals surface area contributed by atoms with Gasteiger partial charge in [-0.2, -0.15) is 6.07 Å². The fourth-order valence-corrected chi connectivity index (χ4v) is 6.76. The third-order valence-electron chi connectivity index (χ3n) is 5.92. The fraction of sp³-hybridized carbons (Fsp3) is 0.125. The van der Waals surface area contributed by atoms with E-state index in [1.807, 2.05) is 30.3 Å². The number of rotatable bonds is 7. The van der Waals surface area contributed by atoms with Gasteiger partial charge < -0.3 is 35.6 Å². The van der Waals surface area contributed by atoms with Crippen molar-refractivity contribution >= 4 is 23.8 Å². The van der Waals surface area contributed by atoms with Gasteiger partial charge in [-0.25, -0.2) is 12.1 Å². The van der Waals surface area contributed by atoms with Gasteiger partial charge in [-0.1, -0.05) is 97.9 Å². The van der Waals surface area contributed by atoms with Crippen molar-refractivity contribution in [2.45, 2.75) is 25.9 Å². The Morgan fingerprint density at radius 3 is 1.57 bits per heavy atom. The van der Waals surface area contributed by atoms with Gasteiger partial charge in [-0.3, -0.25) is 0 Å². The van der Waals surface area contributed by atoms with Gasteiger partial charge in [0.05, 0.1) is 0 Å². The molecule has 5 rings (SSSR count). The molecule has 0 saturated heterocycles. The fourth-order valence-electron chi connectivity index (χ4n) is 4.20. The Labute approximate surface area is 222 Å². The van der Waals surface area contributed by atoms with Crippen LogP contribution in [0.25, 0.3) is 0 Å². The molecule has 35 heavy (non-hydrogen) atoms. The topological polar surface area (TPSA) is 12.0 Å². The van der Waals surface area contributed by atoms with E-state index in [0.29, 0.717) is 6.04 Å². The molecule has 0 aliphatic heterocycles. The maximum atomic E-state index is 3.81. The van der Waals surface area contributed by atoms with Crippen LogP contribution in [0, 0.1) is 0 Å². The van der Waals surface area contributed by atoms with Crippen LogP contribution >= 0.6 is 7.92 Å². The van der Waals surface area contributed by atoms with E-state index in [1.54, 1.807) is 0 Å². The van der Waals surface area contributed by atoms with Gasteiger partial charge in [-0.05, 0) is 37.1 Å². The summed E-state index contributed by atoms with van der Waals surface area (Å²) in [7, 11) is -0.581. The van der Waals surface area contributed by atoms with Crippen LogP contribution in [0.1, 0.15) is 37.1 Å². The maximum absolute atomic E-state index is 3.81. The van der Waals surface area contributed by atoms with Crippen molar-refractivity contribution in [2.75, 3.05) is 0 Å². The van der Waals surface area contributed by atoms with Crippen molar-refractivity contribution in [1.82, 2.24) is 5.32 Å². The molecule has 0 bridgehead atoms. The molecule has 5 aromatic carbocycles. The summed E-state index contributed by atoms with van der Waals surface area (Å²) in [6, 6.07) is 49.9. The van der Waals surface area contributed by atoms with Crippen LogP contribution in [-0.2, 0) is 17.1 Å². The maximum Gasteiger partial charge on any atom is 0.0287 e. The van der Waals surface area contributed by atoms with Crippen LogP contribution in [0.5, 0.6) is 0 Å². The van der Waals surface area contributed by atoms with E-state index < -0.39 is 7.92 Å². The van der Waals surface area contributed by atoms with Crippen LogP contribution in [0.3, 0.4) is 0 Å². The van der Waals surface area contributed by atoms with Crippen LogP contribution in [0.15, 0.2) is 140 Å². The average Bonchev–Trinajstić information content (AvgIpc) is 3.62. The molecule has 0 amide bonds. The minimum atomic E-state index is -0.581. The van der Waals surface area contributed by atoms with E-state index in [-0.39, 0.29) is 23.1 Å².